The number of rotatable bonds is 12. The molecule has 0 spiro atoms. The van der Waals surface area contributed by atoms with E-state index in [2.05, 4.69) is 57.1 Å². The van der Waals surface area contributed by atoms with Crippen molar-refractivity contribution in [2.24, 2.45) is 10.2 Å². The Morgan fingerprint density at radius 1 is 1.12 bits per heavy atom. The minimum atomic E-state index is -0.758. The van der Waals surface area contributed by atoms with Crippen molar-refractivity contribution in [3.63, 3.8) is 0 Å². The fourth-order valence-corrected chi connectivity index (χ4v) is 5.37. The van der Waals surface area contributed by atoms with E-state index in [1.807, 2.05) is 19.1 Å². The molecule has 0 saturated carbocycles. The minimum Gasteiger partial charge on any atom is -0.379 e. The van der Waals surface area contributed by atoms with Crippen LogP contribution < -0.4 is 10.2 Å². The van der Waals surface area contributed by atoms with Crippen LogP contribution in [0.25, 0.3) is 0 Å². The molecular weight excluding hydrogens is 588 g/mol. The van der Waals surface area contributed by atoms with Crippen LogP contribution in [0.5, 0.6) is 0 Å². The molecule has 40 heavy (non-hydrogen) atoms. The summed E-state index contributed by atoms with van der Waals surface area (Å²) in [5, 5.41) is 34.0. The molecule has 0 bridgehead atoms. The zero-order chi connectivity index (χ0) is 29.6. The number of ether oxygens (including phenoxy) is 2. The van der Waals surface area contributed by atoms with E-state index >= 15 is 0 Å². The molecule has 1 heterocycles. The molecular formula is C26H33BrN6O7. The number of fused-ring (bicyclic) bond motifs is 1. The van der Waals surface area contributed by atoms with Gasteiger partial charge < -0.3 is 19.7 Å². The van der Waals surface area contributed by atoms with E-state index in [-0.39, 0.29) is 27.5 Å². The topological polar surface area (TPSA) is 162 Å². The monoisotopic (exact) mass is 620 g/mol. The molecule has 2 aromatic rings. The Bertz CT molecular complexity index is 1320. The third-order valence-electron chi connectivity index (χ3n) is 6.54. The van der Waals surface area contributed by atoms with Crippen molar-refractivity contribution in [2.75, 3.05) is 43.2 Å². The van der Waals surface area contributed by atoms with Crippen molar-refractivity contribution in [1.29, 1.82) is 0 Å². The maximum Gasteiger partial charge on any atom is 0.304 e. The van der Waals surface area contributed by atoms with Gasteiger partial charge in [0.1, 0.15) is 5.69 Å². The van der Waals surface area contributed by atoms with E-state index < -0.39 is 21.2 Å². The summed E-state index contributed by atoms with van der Waals surface area (Å²) in [6.07, 6.45) is 0.842. The molecule has 0 unspecified atom stereocenters. The van der Waals surface area contributed by atoms with Crippen LogP contribution in [-0.2, 0) is 14.3 Å². The highest BCUT2D eigenvalue weighted by Crippen LogP contribution is 2.48. The number of halogens is 1. The van der Waals surface area contributed by atoms with E-state index in [1.54, 1.807) is 0 Å². The number of carbonyl (C=O) groups is 1. The summed E-state index contributed by atoms with van der Waals surface area (Å²) in [6, 6.07) is 5.61. The summed E-state index contributed by atoms with van der Waals surface area (Å²) in [7, 11) is 0. The Balaban J connectivity index is 2.04. The van der Waals surface area contributed by atoms with Gasteiger partial charge in [0.15, 0.2) is 5.69 Å². The van der Waals surface area contributed by atoms with E-state index in [0.717, 1.165) is 29.8 Å². The van der Waals surface area contributed by atoms with Gasteiger partial charge in [0.25, 0.3) is 5.69 Å². The van der Waals surface area contributed by atoms with Gasteiger partial charge in [-0.3, -0.25) is 25.0 Å². The molecule has 13 nitrogen and oxygen atoms in total. The summed E-state index contributed by atoms with van der Waals surface area (Å²) >= 11 is 3.14. The van der Waals surface area contributed by atoms with Gasteiger partial charge >= 0.3 is 5.69 Å². The van der Waals surface area contributed by atoms with Gasteiger partial charge in [-0.2, -0.15) is 0 Å². The lowest BCUT2D eigenvalue weighted by atomic mass is 9.79. The van der Waals surface area contributed by atoms with E-state index in [9.17, 15) is 25.0 Å². The zero-order valence-corrected chi connectivity index (χ0v) is 24.7. The summed E-state index contributed by atoms with van der Waals surface area (Å²) in [6.45, 7) is 12.5. The number of nitrogens with one attached hydrogen (secondary N) is 1. The normalized spacial score (nSPS) is 16.1. The first-order valence-electron chi connectivity index (χ1n) is 12.8. The number of carbonyl (C=O) groups excluding carboxylic acids is 1. The molecule has 1 aliphatic heterocycles. The van der Waals surface area contributed by atoms with E-state index in [1.165, 1.54) is 6.92 Å². The standard InChI is InChI=1S/C26H33BrN6O7/c1-6-39-9-10-40-8-7-31-23-14-21(28-17(3)34)22(13-19(23)16(2)15-26(31,4)5)29-30-25-20(27)11-18(32(35)36)12-24(25)33(37)38/h11-14,16H,6-10,15H2,1-5H3,(H,28,34)/t16-/m0/s1. The molecule has 1 atom stereocenters. The Morgan fingerprint density at radius 3 is 2.45 bits per heavy atom. The summed E-state index contributed by atoms with van der Waals surface area (Å²) in [5.74, 6) is -0.186. The average molecular weight is 621 g/mol. The predicted molar refractivity (Wildman–Crippen MR) is 154 cm³/mol. The third kappa shape index (κ3) is 7.37. The summed E-state index contributed by atoms with van der Waals surface area (Å²) in [5.41, 5.74) is 1.17. The van der Waals surface area contributed by atoms with Crippen molar-refractivity contribution >= 4 is 56.0 Å². The highest BCUT2D eigenvalue weighted by molar-refractivity contribution is 9.10. The number of nitro groups is 2. The van der Waals surface area contributed by atoms with E-state index in [0.29, 0.717) is 44.3 Å². The lowest BCUT2D eigenvalue weighted by Crippen LogP contribution is -2.49. The highest BCUT2D eigenvalue weighted by atomic mass is 79.9. The SMILES string of the molecule is CCOCCOCCN1c2cc(NC(C)=O)c(N=Nc3c(Br)cc([N+](=O)[O-])cc3[N+](=O)[O-])cc2[C@@H](C)CC1(C)C. The highest BCUT2D eigenvalue weighted by Gasteiger charge is 2.37. The molecule has 14 heteroatoms. The predicted octanol–water partition coefficient (Wildman–Crippen LogP) is 6.78. The first kappa shape index (κ1) is 31.0. The average Bonchev–Trinajstić information content (AvgIpc) is 2.86. The van der Waals surface area contributed by atoms with Gasteiger partial charge in [0, 0.05) is 37.4 Å². The molecule has 1 amide bonds. The first-order chi connectivity index (χ1) is 18.9. The lowest BCUT2D eigenvalue weighted by molar-refractivity contribution is -0.393. The molecule has 2 aromatic carbocycles. The molecule has 0 aliphatic carbocycles. The van der Waals surface area contributed by atoms with Gasteiger partial charge in [-0.05, 0) is 66.7 Å². The lowest BCUT2D eigenvalue weighted by Gasteiger charge is -2.47. The Hall–Kier alpha value is -3.49. The van der Waals surface area contributed by atoms with Crippen LogP contribution >= 0.6 is 15.9 Å². The largest absolute Gasteiger partial charge is 0.379 e. The maximum atomic E-state index is 12.1. The number of non-ortho nitro benzene ring substituents is 1. The number of nitro benzene ring substituents is 2. The van der Waals surface area contributed by atoms with Gasteiger partial charge in [0.05, 0.1) is 45.9 Å². The number of hydrogen-bond donors (Lipinski definition) is 1. The second-order valence-electron chi connectivity index (χ2n) is 10.00. The van der Waals surface area contributed by atoms with Crippen molar-refractivity contribution in [1.82, 2.24) is 0 Å². The van der Waals surface area contributed by atoms with Crippen LogP contribution in [0.4, 0.5) is 34.1 Å². The number of benzene rings is 2. The molecule has 0 saturated heterocycles. The van der Waals surface area contributed by atoms with Crippen LogP contribution in [0.3, 0.4) is 0 Å². The van der Waals surface area contributed by atoms with E-state index in [4.69, 9.17) is 9.47 Å². The molecule has 1 aliphatic rings. The fourth-order valence-electron chi connectivity index (χ4n) is 4.85. The number of nitrogens with zero attached hydrogens (tertiary/aromatic N) is 5. The second-order valence-corrected chi connectivity index (χ2v) is 10.9. The van der Waals surface area contributed by atoms with Gasteiger partial charge in [-0.1, -0.05) is 6.92 Å². The Kier molecular flexibility index (Phi) is 10.3. The first-order valence-corrected chi connectivity index (χ1v) is 13.6. The quantitative estimate of drug-likeness (QED) is 0.117. The smallest absolute Gasteiger partial charge is 0.304 e. The molecule has 216 valence electrons. The minimum absolute atomic E-state index is 0.0433. The Labute approximate surface area is 240 Å². The van der Waals surface area contributed by atoms with Crippen molar-refractivity contribution in [3.8, 4) is 0 Å². The Morgan fingerprint density at radius 2 is 1.82 bits per heavy atom. The molecule has 0 aromatic heterocycles. The van der Waals surface area contributed by atoms with Crippen LogP contribution in [0, 0.1) is 20.2 Å². The van der Waals surface area contributed by atoms with Gasteiger partial charge in [-0.15, -0.1) is 10.2 Å². The zero-order valence-electron chi connectivity index (χ0n) is 23.1. The molecule has 3 rings (SSSR count). The second kappa shape index (κ2) is 13.2. The van der Waals surface area contributed by atoms with Crippen LogP contribution in [0.15, 0.2) is 39.0 Å². The molecule has 0 fully saturated rings. The van der Waals surface area contributed by atoms with Crippen LogP contribution in [-0.4, -0.2) is 54.3 Å². The number of amides is 1. The van der Waals surface area contributed by atoms with Crippen LogP contribution in [0.2, 0.25) is 0 Å². The van der Waals surface area contributed by atoms with Crippen molar-refractivity contribution in [2.45, 2.75) is 52.5 Å². The van der Waals surface area contributed by atoms with Crippen molar-refractivity contribution < 1.29 is 24.1 Å². The number of anilines is 2. The summed E-state index contributed by atoms with van der Waals surface area (Å²) in [4.78, 5) is 35.7. The molecule has 1 N–H and O–H groups in total. The number of hydrogen-bond acceptors (Lipinski definition) is 10. The van der Waals surface area contributed by atoms with Gasteiger partial charge in [0.2, 0.25) is 5.91 Å². The van der Waals surface area contributed by atoms with Crippen LogP contribution in [0.1, 0.15) is 52.5 Å². The summed E-state index contributed by atoms with van der Waals surface area (Å²) < 4.78 is 11.1. The maximum absolute atomic E-state index is 12.1. The van der Waals surface area contributed by atoms with Gasteiger partial charge in [-0.25, -0.2) is 0 Å². The fraction of sp³-hybridized carbons (Fsp3) is 0.500. The third-order valence-corrected chi connectivity index (χ3v) is 7.15. The number of azo groups is 1. The van der Waals surface area contributed by atoms with Crippen molar-refractivity contribution in [3.05, 3.63) is 54.5 Å². The molecule has 0 radical (unpaired) electrons.